The quantitative estimate of drug-likeness (QED) is 0.842. The number of methoxy groups -OCH3 is 1. The topological polar surface area (TPSA) is 67.2 Å². The third-order valence-corrected chi connectivity index (χ3v) is 4.16. The van der Waals surface area contributed by atoms with E-state index < -0.39 is 0 Å². The molecule has 0 aliphatic carbocycles. The van der Waals surface area contributed by atoms with Gasteiger partial charge in [-0.15, -0.1) is 0 Å². The van der Waals surface area contributed by atoms with E-state index in [2.05, 4.69) is 21.8 Å². The van der Waals surface area contributed by atoms with E-state index in [1.54, 1.807) is 7.11 Å². The van der Waals surface area contributed by atoms with Crippen LogP contribution >= 0.6 is 0 Å². The van der Waals surface area contributed by atoms with E-state index in [1.165, 1.54) is 0 Å². The highest BCUT2D eigenvalue weighted by Gasteiger charge is 2.30. The van der Waals surface area contributed by atoms with E-state index in [0.29, 0.717) is 0 Å². The molecule has 1 unspecified atom stereocenters. The van der Waals surface area contributed by atoms with Crippen LogP contribution in [0.15, 0.2) is 18.2 Å². The van der Waals surface area contributed by atoms with Crippen molar-refractivity contribution in [3.63, 3.8) is 0 Å². The highest BCUT2D eigenvalue weighted by Crippen LogP contribution is 2.25. The maximum Gasteiger partial charge on any atom is 0.121 e. The summed E-state index contributed by atoms with van der Waals surface area (Å²) in [5.74, 6) is 0.992. The molecule has 1 saturated heterocycles. The van der Waals surface area contributed by atoms with E-state index in [0.717, 1.165) is 55.0 Å². The molecule has 0 bridgehead atoms. The number of benzene rings is 1. The lowest BCUT2D eigenvalue weighted by molar-refractivity contribution is -0.0531. The van der Waals surface area contributed by atoms with Crippen LogP contribution < -0.4 is 5.73 Å². The SMILES string of the molecule is COC1(C)CCCN(Cc2nc3ccc(N)cc3[nH]2)C1. The number of aromatic nitrogens is 2. The Morgan fingerprint density at radius 1 is 1.50 bits per heavy atom. The van der Waals surface area contributed by atoms with E-state index in [4.69, 9.17) is 10.5 Å². The van der Waals surface area contributed by atoms with E-state index >= 15 is 0 Å². The fraction of sp³-hybridized carbons (Fsp3) is 0.533. The molecule has 1 atom stereocenters. The second kappa shape index (κ2) is 5.07. The van der Waals surface area contributed by atoms with E-state index in [1.807, 2.05) is 18.2 Å². The highest BCUT2D eigenvalue weighted by atomic mass is 16.5. The number of nitrogens with zero attached hydrogens (tertiary/aromatic N) is 2. The number of hydrogen-bond acceptors (Lipinski definition) is 4. The summed E-state index contributed by atoms with van der Waals surface area (Å²) in [5, 5.41) is 0. The predicted molar refractivity (Wildman–Crippen MR) is 80.4 cm³/mol. The van der Waals surface area contributed by atoms with Crippen LogP contribution in [0.3, 0.4) is 0 Å². The first-order valence-corrected chi connectivity index (χ1v) is 7.10. The average Bonchev–Trinajstić information content (AvgIpc) is 2.80. The first-order valence-electron chi connectivity index (χ1n) is 7.10. The molecule has 1 fully saturated rings. The van der Waals surface area contributed by atoms with Gasteiger partial charge < -0.3 is 15.5 Å². The number of fused-ring (bicyclic) bond motifs is 1. The van der Waals surface area contributed by atoms with Gasteiger partial charge in [0, 0.05) is 19.3 Å². The second-order valence-electron chi connectivity index (χ2n) is 5.93. The maximum absolute atomic E-state index is 5.80. The molecule has 0 saturated carbocycles. The lowest BCUT2D eigenvalue weighted by atomic mass is 9.95. The van der Waals surface area contributed by atoms with Crippen LogP contribution in [0.25, 0.3) is 11.0 Å². The van der Waals surface area contributed by atoms with Gasteiger partial charge in [0.05, 0.1) is 23.2 Å². The van der Waals surface area contributed by atoms with Crippen molar-refractivity contribution in [3.8, 4) is 0 Å². The highest BCUT2D eigenvalue weighted by molar-refractivity contribution is 5.78. The third kappa shape index (κ3) is 2.64. The summed E-state index contributed by atoms with van der Waals surface area (Å²) in [6, 6.07) is 5.78. The molecule has 2 heterocycles. The smallest absolute Gasteiger partial charge is 0.121 e. The fourth-order valence-corrected chi connectivity index (χ4v) is 2.98. The molecule has 1 aliphatic heterocycles. The van der Waals surface area contributed by atoms with Gasteiger partial charge in [-0.3, -0.25) is 4.90 Å². The lowest BCUT2D eigenvalue weighted by Crippen LogP contribution is -2.47. The number of imidazole rings is 1. The van der Waals surface area contributed by atoms with Crippen molar-refractivity contribution >= 4 is 16.7 Å². The molecule has 1 aromatic carbocycles. The summed E-state index contributed by atoms with van der Waals surface area (Å²) < 4.78 is 5.63. The molecule has 0 amide bonds. The van der Waals surface area contributed by atoms with Crippen LogP contribution in [-0.4, -0.2) is 40.7 Å². The van der Waals surface area contributed by atoms with Crippen LogP contribution in [0.2, 0.25) is 0 Å². The van der Waals surface area contributed by atoms with Gasteiger partial charge in [-0.1, -0.05) is 0 Å². The number of H-pyrrole nitrogens is 1. The van der Waals surface area contributed by atoms with Gasteiger partial charge in [0.25, 0.3) is 0 Å². The molecule has 5 nitrogen and oxygen atoms in total. The number of nitrogen functional groups attached to an aromatic ring is 1. The van der Waals surface area contributed by atoms with Crippen molar-refractivity contribution in [1.29, 1.82) is 0 Å². The second-order valence-corrected chi connectivity index (χ2v) is 5.93. The number of aromatic amines is 1. The van der Waals surface area contributed by atoms with Crippen LogP contribution in [0.4, 0.5) is 5.69 Å². The number of rotatable bonds is 3. The minimum atomic E-state index is -0.0330. The van der Waals surface area contributed by atoms with E-state index in [9.17, 15) is 0 Å². The summed E-state index contributed by atoms with van der Waals surface area (Å²) in [4.78, 5) is 10.4. The lowest BCUT2D eigenvalue weighted by Gasteiger charge is -2.39. The molecule has 3 N–H and O–H groups in total. The van der Waals surface area contributed by atoms with Crippen LogP contribution in [0, 0.1) is 0 Å². The number of nitrogens with two attached hydrogens (primary N) is 1. The number of nitrogens with one attached hydrogen (secondary N) is 1. The molecule has 1 aromatic heterocycles. The Morgan fingerprint density at radius 3 is 3.15 bits per heavy atom. The largest absolute Gasteiger partial charge is 0.399 e. The Bertz CT molecular complexity index is 609. The first-order chi connectivity index (χ1) is 9.58. The zero-order valence-electron chi connectivity index (χ0n) is 12.1. The monoisotopic (exact) mass is 274 g/mol. The van der Waals surface area contributed by atoms with Crippen molar-refractivity contribution in [2.75, 3.05) is 25.9 Å². The van der Waals surface area contributed by atoms with Gasteiger partial charge in [-0.05, 0) is 44.5 Å². The molecular formula is C15H22N4O. The minimum Gasteiger partial charge on any atom is -0.399 e. The Kier molecular flexibility index (Phi) is 3.40. The summed E-state index contributed by atoms with van der Waals surface area (Å²) in [6.45, 7) is 5.05. The molecule has 3 rings (SSSR count). The summed E-state index contributed by atoms with van der Waals surface area (Å²) in [5.41, 5.74) is 8.50. The van der Waals surface area contributed by atoms with Gasteiger partial charge >= 0.3 is 0 Å². The molecule has 108 valence electrons. The van der Waals surface area contributed by atoms with Crippen molar-refractivity contribution in [2.24, 2.45) is 0 Å². The third-order valence-electron chi connectivity index (χ3n) is 4.16. The van der Waals surface area contributed by atoms with Gasteiger partial charge in [0.2, 0.25) is 0 Å². The maximum atomic E-state index is 5.80. The molecule has 2 aromatic rings. The predicted octanol–water partition coefficient (Wildman–Crippen LogP) is 2.15. The summed E-state index contributed by atoms with van der Waals surface area (Å²) >= 11 is 0. The summed E-state index contributed by atoms with van der Waals surface area (Å²) in [7, 11) is 1.80. The molecular weight excluding hydrogens is 252 g/mol. The fourth-order valence-electron chi connectivity index (χ4n) is 2.98. The van der Waals surface area contributed by atoms with Gasteiger partial charge in [0.1, 0.15) is 5.82 Å². The molecule has 20 heavy (non-hydrogen) atoms. The van der Waals surface area contributed by atoms with Crippen LogP contribution in [0.1, 0.15) is 25.6 Å². The Hall–Kier alpha value is -1.59. The van der Waals surface area contributed by atoms with Gasteiger partial charge in [0.15, 0.2) is 0 Å². The van der Waals surface area contributed by atoms with Crippen molar-refractivity contribution in [3.05, 3.63) is 24.0 Å². The summed E-state index contributed by atoms with van der Waals surface area (Å²) in [6.07, 6.45) is 2.29. The molecule has 0 radical (unpaired) electrons. The molecule has 0 spiro atoms. The standard InChI is InChI=1S/C15H22N4O/c1-15(20-2)6-3-7-19(10-15)9-14-17-12-5-4-11(16)8-13(12)18-14/h4-5,8H,3,6-7,9-10,16H2,1-2H3,(H,17,18). The number of hydrogen-bond donors (Lipinski definition) is 2. The van der Waals surface area contributed by atoms with E-state index in [-0.39, 0.29) is 5.60 Å². The number of likely N-dealkylation sites (tertiary alicyclic amines) is 1. The number of piperidine rings is 1. The zero-order chi connectivity index (χ0) is 14.2. The molecule has 1 aliphatic rings. The Balaban J connectivity index is 1.75. The number of anilines is 1. The van der Waals surface area contributed by atoms with Gasteiger partial charge in [-0.25, -0.2) is 4.98 Å². The first kappa shape index (κ1) is 13.4. The van der Waals surface area contributed by atoms with Crippen molar-refractivity contribution in [1.82, 2.24) is 14.9 Å². The van der Waals surface area contributed by atoms with Crippen LogP contribution in [-0.2, 0) is 11.3 Å². The Morgan fingerprint density at radius 2 is 2.35 bits per heavy atom. The zero-order valence-corrected chi connectivity index (χ0v) is 12.1. The minimum absolute atomic E-state index is 0.0330. The van der Waals surface area contributed by atoms with Crippen molar-refractivity contribution in [2.45, 2.75) is 31.9 Å². The van der Waals surface area contributed by atoms with Gasteiger partial charge in [-0.2, -0.15) is 0 Å². The Labute approximate surface area is 119 Å². The van der Waals surface area contributed by atoms with Crippen molar-refractivity contribution < 1.29 is 4.74 Å². The van der Waals surface area contributed by atoms with Crippen LogP contribution in [0.5, 0.6) is 0 Å². The normalized spacial score (nSPS) is 24.3. The number of ether oxygens (including phenoxy) is 1. The molecule has 5 heteroatoms. The average molecular weight is 274 g/mol.